The molecule has 0 N–H and O–H groups in total. The van der Waals surface area contributed by atoms with Crippen molar-refractivity contribution in [1.82, 2.24) is 0 Å². The second kappa shape index (κ2) is 10.9. The number of carbonyl (C=O) groups is 1. The molecular formula is C39H39F3O. The maximum atomic E-state index is 13.5. The van der Waals surface area contributed by atoms with E-state index in [9.17, 15) is 18.0 Å². The van der Waals surface area contributed by atoms with Crippen LogP contribution in [0.4, 0.5) is 13.2 Å². The number of hydrogen-bond acceptors (Lipinski definition) is 1. The Balaban J connectivity index is 0.987. The van der Waals surface area contributed by atoms with Gasteiger partial charge >= 0.3 is 6.18 Å². The van der Waals surface area contributed by atoms with Crippen LogP contribution in [0.25, 0.3) is 0 Å². The predicted octanol–water partition coefficient (Wildman–Crippen LogP) is 10.4. The lowest BCUT2D eigenvalue weighted by atomic mass is 9.88. The van der Waals surface area contributed by atoms with Crippen LogP contribution in [0.3, 0.4) is 0 Å². The molecule has 5 aliphatic carbocycles. The normalized spacial score (nSPS) is 30.0. The third-order valence-corrected chi connectivity index (χ3v) is 11.0. The molecule has 0 amide bonds. The number of fused-ring (bicyclic) bond motifs is 2. The first-order valence-electron chi connectivity index (χ1n) is 16.0. The van der Waals surface area contributed by atoms with E-state index in [1.807, 2.05) is 6.08 Å². The van der Waals surface area contributed by atoms with Crippen molar-refractivity contribution in [2.75, 3.05) is 0 Å². The van der Waals surface area contributed by atoms with Gasteiger partial charge in [-0.25, -0.2) is 0 Å². The highest BCUT2D eigenvalue weighted by Crippen LogP contribution is 2.61. The van der Waals surface area contributed by atoms with Gasteiger partial charge in [0.15, 0.2) is 5.78 Å². The van der Waals surface area contributed by atoms with Crippen molar-refractivity contribution in [2.24, 2.45) is 17.3 Å². The van der Waals surface area contributed by atoms with Crippen LogP contribution in [-0.2, 0) is 17.4 Å². The molecule has 2 fully saturated rings. The molecule has 0 bridgehead atoms. The van der Waals surface area contributed by atoms with E-state index in [2.05, 4.69) is 55.5 Å². The Morgan fingerprint density at radius 3 is 2.51 bits per heavy atom. The van der Waals surface area contributed by atoms with Gasteiger partial charge in [-0.1, -0.05) is 79.8 Å². The van der Waals surface area contributed by atoms with Crippen LogP contribution in [0, 0.1) is 17.3 Å². The summed E-state index contributed by atoms with van der Waals surface area (Å²) >= 11 is 0. The molecule has 0 radical (unpaired) electrons. The molecule has 0 saturated heterocycles. The topological polar surface area (TPSA) is 17.1 Å². The summed E-state index contributed by atoms with van der Waals surface area (Å²) in [6, 6.07) is 15.1. The van der Waals surface area contributed by atoms with Crippen LogP contribution in [0.1, 0.15) is 92.4 Å². The summed E-state index contributed by atoms with van der Waals surface area (Å²) in [6.07, 6.45) is 16.8. The van der Waals surface area contributed by atoms with Crippen LogP contribution < -0.4 is 0 Å². The number of halogens is 3. The van der Waals surface area contributed by atoms with Crippen LogP contribution in [0.15, 0.2) is 107 Å². The van der Waals surface area contributed by atoms with E-state index >= 15 is 0 Å². The minimum Gasteiger partial charge on any atom is -0.295 e. The Bertz CT molecular complexity index is 1580. The smallest absolute Gasteiger partial charge is 0.295 e. The van der Waals surface area contributed by atoms with Crippen LogP contribution in [0.2, 0.25) is 0 Å². The van der Waals surface area contributed by atoms with Gasteiger partial charge in [0.2, 0.25) is 0 Å². The van der Waals surface area contributed by atoms with Crippen molar-refractivity contribution in [2.45, 2.75) is 82.7 Å². The molecule has 7 rings (SSSR count). The third kappa shape index (κ3) is 5.90. The van der Waals surface area contributed by atoms with Crippen LogP contribution in [-0.4, -0.2) is 5.78 Å². The molecule has 0 aromatic heterocycles. The highest BCUT2D eigenvalue weighted by atomic mass is 19.4. The number of benzene rings is 2. The lowest BCUT2D eigenvalue weighted by Gasteiger charge is -2.17. The molecular weight excluding hydrogens is 541 g/mol. The van der Waals surface area contributed by atoms with Gasteiger partial charge in [0, 0.05) is 11.8 Å². The highest BCUT2D eigenvalue weighted by molar-refractivity contribution is 5.93. The number of allylic oxidation sites excluding steroid dienone is 10. The summed E-state index contributed by atoms with van der Waals surface area (Å²) in [5.74, 6) is 1.68. The van der Waals surface area contributed by atoms with Gasteiger partial charge in [0.1, 0.15) is 0 Å². The number of alkyl halides is 3. The standard InChI is InChI=1S/C39H39F3O/c1-38-21-20-27(16-18-33(38)24-38)25-6-9-28(10-7-25)34-23-35(34)29-11-8-26-17-19-37(43)32(22-31(26)14-12-29)15-13-30-4-2-3-5-36(30)39(40,41)42/h2-11,14,17,19,23,27,32-34H,12-13,15-16,18,20-22,24H2,1H3/t27?,32-,33?,34?,38?/m0/s1. The van der Waals surface area contributed by atoms with Crippen molar-refractivity contribution in [3.05, 3.63) is 130 Å². The summed E-state index contributed by atoms with van der Waals surface area (Å²) in [4.78, 5) is 12.9. The summed E-state index contributed by atoms with van der Waals surface area (Å²) < 4.78 is 40.5. The lowest BCUT2D eigenvalue weighted by Crippen LogP contribution is -2.15. The Hall–Kier alpha value is -3.40. The zero-order valence-corrected chi connectivity index (χ0v) is 24.8. The molecule has 5 atom stereocenters. The zero-order chi connectivity index (χ0) is 29.8. The predicted molar refractivity (Wildman–Crippen MR) is 166 cm³/mol. The van der Waals surface area contributed by atoms with Gasteiger partial charge in [0.25, 0.3) is 0 Å². The molecule has 1 nitrogen and oxygen atoms in total. The quantitative estimate of drug-likeness (QED) is 0.332. The zero-order valence-electron chi connectivity index (χ0n) is 24.8. The summed E-state index contributed by atoms with van der Waals surface area (Å²) in [6.45, 7) is 2.48. The van der Waals surface area contributed by atoms with E-state index in [1.54, 1.807) is 12.1 Å². The molecule has 2 aromatic carbocycles. The number of hydrogen-bond donors (Lipinski definition) is 0. The van der Waals surface area contributed by atoms with Crippen LogP contribution >= 0.6 is 0 Å². The fourth-order valence-electron chi connectivity index (χ4n) is 7.89. The first kappa shape index (κ1) is 28.4. The number of rotatable bonds is 6. The van der Waals surface area contributed by atoms with Gasteiger partial charge < -0.3 is 0 Å². The number of ketones is 1. The van der Waals surface area contributed by atoms with Gasteiger partial charge in [-0.3, -0.25) is 4.79 Å². The van der Waals surface area contributed by atoms with Gasteiger partial charge in [-0.05, 0) is 126 Å². The molecule has 5 aliphatic rings. The Kier molecular flexibility index (Phi) is 7.22. The molecule has 0 heterocycles. The van der Waals surface area contributed by atoms with Crippen molar-refractivity contribution in [1.29, 1.82) is 0 Å². The van der Waals surface area contributed by atoms with Gasteiger partial charge in [-0.15, -0.1) is 0 Å². The molecule has 4 heteroatoms. The lowest BCUT2D eigenvalue weighted by molar-refractivity contribution is -0.138. The van der Waals surface area contributed by atoms with E-state index in [-0.39, 0.29) is 23.7 Å². The fraction of sp³-hybridized carbons (Fsp3) is 0.410. The van der Waals surface area contributed by atoms with E-state index in [1.165, 1.54) is 66.5 Å². The highest BCUT2D eigenvalue weighted by Gasteiger charge is 2.50. The molecule has 222 valence electrons. The van der Waals surface area contributed by atoms with Gasteiger partial charge in [-0.2, -0.15) is 13.2 Å². The first-order valence-corrected chi connectivity index (χ1v) is 16.0. The largest absolute Gasteiger partial charge is 0.416 e. The average Bonchev–Trinajstić information content (AvgIpc) is 3.89. The second-order valence-corrected chi connectivity index (χ2v) is 13.7. The number of carbonyl (C=O) groups excluding carboxylic acids is 1. The van der Waals surface area contributed by atoms with Gasteiger partial charge in [0.05, 0.1) is 5.56 Å². The fourth-order valence-corrected chi connectivity index (χ4v) is 7.89. The maximum absolute atomic E-state index is 13.5. The van der Waals surface area contributed by atoms with Crippen molar-refractivity contribution >= 4 is 5.78 Å². The van der Waals surface area contributed by atoms with Crippen molar-refractivity contribution < 1.29 is 18.0 Å². The molecule has 43 heavy (non-hydrogen) atoms. The SMILES string of the molecule is CC12CCC(c3ccc(C4C=C4C4=CC=C5C=CC(=O)[C@@H](CCc6ccccc6C(F)(F)F)CC5=CC4)cc3)CCC1C2. The van der Waals surface area contributed by atoms with E-state index < -0.39 is 11.7 Å². The van der Waals surface area contributed by atoms with E-state index in [0.717, 1.165) is 29.6 Å². The Labute approximate surface area is 253 Å². The maximum Gasteiger partial charge on any atom is 0.416 e. The molecule has 4 unspecified atom stereocenters. The molecule has 2 saturated carbocycles. The van der Waals surface area contributed by atoms with Crippen molar-refractivity contribution in [3.63, 3.8) is 0 Å². The van der Waals surface area contributed by atoms with Crippen molar-refractivity contribution in [3.8, 4) is 0 Å². The Morgan fingerprint density at radius 1 is 0.907 bits per heavy atom. The number of aryl methyl sites for hydroxylation is 1. The van der Waals surface area contributed by atoms with E-state index in [4.69, 9.17) is 0 Å². The minimum absolute atomic E-state index is 0.00757. The average molecular weight is 581 g/mol. The molecule has 2 aromatic rings. The minimum atomic E-state index is -4.39. The van der Waals surface area contributed by atoms with E-state index in [0.29, 0.717) is 30.1 Å². The van der Waals surface area contributed by atoms with Crippen LogP contribution in [0.5, 0.6) is 0 Å². The molecule has 0 spiro atoms. The summed E-state index contributed by atoms with van der Waals surface area (Å²) in [7, 11) is 0. The second-order valence-electron chi connectivity index (χ2n) is 13.7. The third-order valence-electron chi connectivity index (χ3n) is 11.0. The summed E-state index contributed by atoms with van der Waals surface area (Å²) in [5.41, 5.74) is 7.94. The summed E-state index contributed by atoms with van der Waals surface area (Å²) in [5, 5.41) is 0. The molecule has 0 aliphatic heterocycles. The first-order chi connectivity index (χ1) is 20.7. The Morgan fingerprint density at radius 2 is 1.70 bits per heavy atom. The monoisotopic (exact) mass is 580 g/mol.